The van der Waals surface area contributed by atoms with Crippen molar-refractivity contribution in [2.45, 2.75) is 19.5 Å². The predicted molar refractivity (Wildman–Crippen MR) is 75.0 cm³/mol. The van der Waals surface area contributed by atoms with Crippen LogP contribution in [0.3, 0.4) is 0 Å². The summed E-state index contributed by atoms with van der Waals surface area (Å²) in [5.41, 5.74) is 4.08. The third kappa shape index (κ3) is 2.61. The molecule has 98 valence electrons. The average Bonchev–Trinajstić information content (AvgIpc) is 2.48. The molecule has 1 aromatic carbocycles. The molecule has 3 nitrogen and oxygen atoms in total. The van der Waals surface area contributed by atoms with Gasteiger partial charge in [-0.05, 0) is 23.6 Å². The molecule has 2 heterocycles. The zero-order valence-corrected chi connectivity index (χ0v) is 11.2. The Morgan fingerprint density at radius 2 is 2.00 bits per heavy atom. The summed E-state index contributed by atoms with van der Waals surface area (Å²) in [6, 6.07) is 12.8. The van der Waals surface area contributed by atoms with Crippen LogP contribution in [0.5, 0.6) is 5.88 Å². The highest BCUT2D eigenvalue weighted by molar-refractivity contribution is 5.30. The van der Waals surface area contributed by atoms with Crippen molar-refractivity contribution in [2.24, 2.45) is 0 Å². The van der Waals surface area contributed by atoms with E-state index in [-0.39, 0.29) is 0 Å². The second-order valence-corrected chi connectivity index (χ2v) is 4.90. The van der Waals surface area contributed by atoms with Gasteiger partial charge in [-0.2, -0.15) is 0 Å². The van der Waals surface area contributed by atoms with Crippen molar-refractivity contribution < 1.29 is 4.74 Å². The number of hydrogen-bond donors (Lipinski definition) is 0. The van der Waals surface area contributed by atoms with E-state index in [0.29, 0.717) is 0 Å². The number of methoxy groups -OCH3 is 1. The van der Waals surface area contributed by atoms with Gasteiger partial charge in [0.15, 0.2) is 0 Å². The molecule has 0 atom stereocenters. The zero-order chi connectivity index (χ0) is 13.1. The zero-order valence-electron chi connectivity index (χ0n) is 11.2. The molecule has 0 aliphatic carbocycles. The van der Waals surface area contributed by atoms with Crippen molar-refractivity contribution in [3.63, 3.8) is 0 Å². The van der Waals surface area contributed by atoms with Crippen molar-refractivity contribution in [1.82, 2.24) is 9.88 Å². The van der Waals surface area contributed by atoms with Gasteiger partial charge >= 0.3 is 0 Å². The van der Waals surface area contributed by atoms with E-state index in [4.69, 9.17) is 4.74 Å². The lowest BCUT2D eigenvalue weighted by Gasteiger charge is -2.28. The lowest BCUT2D eigenvalue weighted by molar-refractivity contribution is 0.240. The Hall–Kier alpha value is -1.87. The van der Waals surface area contributed by atoms with Crippen LogP contribution in [0.4, 0.5) is 0 Å². The number of aromatic nitrogens is 1. The van der Waals surface area contributed by atoms with E-state index in [1.165, 1.54) is 11.1 Å². The van der Waals surface area contributed by atoms with E-state index in [0.717, 1.165) is 37.5 Å². The lowest BCUT2D eigenvalue weighted by Crippen LogP contribution is -2.30. The third-order valence-electron chi connectivity index (χ3n) is 3.65. The summed E-state index contributed by atoms with van der Waals surface area (Å²) in [7, 11) is 1.68. The molecule has 19 heavy (non-hydrogen) atoms. The summed E-state index contributed by atoms with van der Waals surface area (Å²) in [5, 5.41) is 0. The minimum atomic E-state index is 0.737. The molecule has 1 aromatic heterocycles. The van der Waals surface area contributed by atoms with Crippen molar-refractivity contribution in [2.75, 3.05) is 13.7 Å². The molecule has 0 radical (unpaired) electrons. The SMILES string of the molecule is COc1ncccc1CN1CCc2ccccc2C1. The van der Waals surface area contributed by atoms with Gasteiger partial charge in [0.05, 0.1) is 7.11 Å². The van der Waals surface area contributed by atoms with E-state index < -0.39 is 0 Å². The molecule has 3 heteroatoms. The largest absolute Gasteiger partial charge is 0.481 e. The summed E-state index contributed by atoms with van der Waals surface area (Å²) in [6.45, 7) is 2.99. The number of ether oxygens (including phenoxy) is 1. The monoisotopic (exact) mass is 254 g/mol. The molecule has 1 aliphatic heterocycles. The van der Waals surface area contributed by atoms with Gasteiger partial charge < -0.3 is 4.74 Å². The van der Waals surface area contributed by atoms with Crippen LogP contribution in [-0.2, 0) is 19.5 Å². The van der Waals surface area contributed by atoms with Crippen molar-refractivity contribution >= 4 is 0 Å². The molecule has 0 unspecified atom stereocenters. The van der Waals surface area contributed by atoms with Gasteiger partial charge in [-0.25, -0.2) is 4.98 Å². The number of nitrogens with zero attached hydrogens (tertiary/aromatic N) is 2. The van der Waals surface area contributed by atoms with E-state index in [1.54, 1.807) is 13.3 Å². The maximum absolute atomic E-state index is 5.32. The second-order valence-electron chi connectivity index (χ2n) is 4.90. The van der Waals surface area contributed by atoms with Crippen LogP contribution in [0.25, 0.3) is 0 Å². The molecule has 0 fully saturated rings. The molecule has 2 aromatic rings. The smallest absolute Gasteiger partial charge is 0.217 e. The lowest BCUT2D eigenvalue weighted by atomic mass is 9.99. The first-order valence-corrected chi connectivity index (χ1v) is 6.64. The minimum Gasteiger partial charge on any atom is -0.481 e. The van der Waals surface area contributed by atoms with Crippen LogP contribution in [-0.4, -0.2) is 23.5 Å². The molecular weight excluding hydrogens is 236 g/mol. The molecule has 3 rings (SSSR count). The Balaban J connectivity index is 1.75. The normalized spacial score (nSPS) is 15.0. The van der Waals surface area contributed by atoms with Gasteiger partial charge in [0.25, 0.3) is 0 Å². The first-order valence-electron chi connectivity index (χ1n) is 6.64. The Bertz CT molecular complexity index is 568. The highest BCUT2D eigenvalue weighted by Crippen LogP contribution is 2.22. The van der Waals surface area contributed by atoms with Gasteiger partial charge in [0.2, 0.25) is 5.88 Å². The minimum absolute atomic E-state index is 0.737. The van der Waals surface area contributed by atoms with Crippen LogP contribution in [0.1, 0.15) is 16.7 Å². The molecule has 1 aliphatic rings. The average molecular weight is 254 g/mol. The maximum Gasteiger partial charge on any atom is 0.217 e. The van der Waals surface area contributed by atoms with Crippen molar-refractivity contribution in [3.05, 3.63) is 59.3 Å². The van der Waals surface area contributed by atoms with Crippen LogP contribution in [0.2, 0.25) is 0 Å². The fraction of sp³-hybridized carbons (Fsp3) is 0.312. The van der Waals surface area contributed by atoms with Crippen LogP contribution in [0.15, 0.2) is 42.6 Å². The Morgan fingerprint density at radius 1 is 1.16 bits per heavy atom. The molecule has 0 N–H and O–H groups in total. The Labute approximate surface area is 113 Å². The number of benzene rings is 1. The standard InChI is InChI=1S/C16H18N2O/c1-19-16-15(7-4-9-17-16)12-18-10-8-13-5-2-3-6-14(13)11-18/h2-7,9H,8,10-12H2,1H3. The Morgan fingerprint density at radius 3 is 2.84 bits per heavy atom. The highest BCUT2D eigenvalue weighted by Gasteiger charge is 2.17. The van der Waals surface area contributed by atoms with Crippen LogP contribution >= 0.6 is 0 Å². The Kier molecular flexibility index (Phi) is 3.47. The molecule has 0 saturated carbocycles. The van der Waals surface area contributed by atoms with Crippen LogP contribution < -0.4 is 4.74 Å². The number of fused-ring (bicyclic) bond motifs is 1. The van der Waals surface area contributed by atoms with E-state index >= 15 is 0 Å². The fourth-order valence-electron chi connectivity index (χ4n) is 2.66. The first kappa shape index (κ1) is 12.2. The van der Waals surface area contributed by atoms with Gasteiger partial charge in [-0.3, -0.25) is 4.90 Å². The van der Waals surface area contributed by atoms with Crippen molar-refractivity contribution in [3.8, 4) is 5.88 Å². The summed E-state index contributed by atoms with van der Waals surface area (Å²) in [6.07, 6.45) is 2.90. The topological polar surface area (TPSA) is 25.4 Å². The maximum atomic E-state index is 5.32. The molecule has 0 saturated heterocycles. The molecular formula is C16H18N2O. The van der Waals surface area contributed by atoms with Crippen molar-refractivity contribution in [1.29, 1.82) is 0 Å². The molecule has 0 amide bonds. The van der Waals surface area contributed by atoms with E-state index in [2.05, 4.69) is 40.2 Å². The highest BCUT2D eigenvalue weighted by atomic mass is 16.5. The number of pyridine rings is 1. The summed E-state index contributed by atoms with van der Waals surface area (Å²) >= 11 is 0. The quantitative estimate of drug-likeness (QED) is 0.842. The predicted octanol–water partition coefficient (Wildman–Crippen LogP) is 2.65. The summed E-state index contributed by atoms with van der Waals surface area (Å²) < 4.78 is 5.32. The van der Waals surface area contributed by atoms with Crippen LogP contribution in [0, 0.1) is 0 Å². The van der Waals surface area contributed by atoms with E-state index in [9.17, 15) is 0 Å². The number of rotatable bonds is 3. The molecule has 0 spiro atoms. The third-order valence-corrected chi connectivity index (χ3v) is 3.65. The van der Waals surface area contributed by atoms with Gasteiger partial charge in [-0.1, -0.05) is 30.3 Å². The van der Waals surface area contributed by atoms with E-state index in [1.807, 2.05) is 6.07 Å². The first-order chi connectivity index (χ1) is 9.36. The van der Waals surface area contributed by atoms with Gasteiger partial charge in [0.1, 0.15) is 0 Å². The second kappa shape index (κ2) is 5.41. The fourth-order valence-corrected chi connectivity index (χ4v) is 2.66. The van der Waals surface area contributed by atoms with Gasteiger partial charge in [-0.15, -0.1) is 0 Å². The summed E-state index contributed by atoms with van der Waals surface area (Å²) in [4.78, 5) is 6.70. The van der Waals surface area contributed by atoms with Gasteiger partial charge in [0, 0.05) is 31.4 Å². The summed E-state index contributed by atoms with van der Waals surface area (Å²) in [5.74, 6) is 0.737. The number of hydrogen-bond acceptors (Lipinski definition) is 3. The molecule has 0 bridgehead atoms.